The van der Waals surface area contributed by atoms with Crippen molar-refractivity contribution in [3.63, 3.8) is 0 Å². The SMILES string of the molecule is COCCNCc1nnnn1C1CCC(C)C(C)C1. The van der Waals surface area contributed by atoms with E-state index in [4.69, 9.17) is 4.74 Å². The Hall–Kier alpha value is -1.01. The van der Waals surface area contributed by atoms with Crippen LogP contribution < -0.4 is 5.32 Å². The second-order valence-corrected chi connectivity index (χ2v) is 5.63. The molecule has 1 aromatic rings. The lowest BCUT2D eigenvalue weighted by Gasteiger charge is -2.32. The molecule has 1 aromatic heterocycles. The van der Waals surface area contributed by atoms with Crippen LogP contribution in [0.25, 0.3) is 0 Å². The van der Waals surface area contributed by atoms with Gasteiger partial charge in [0.2, 0.25) is 0 Å². The fraction of sp³-hybridized carbons (Fsp3) is 0.923. The van der Waals surface area contributed by atoms with Gasteiger partial charge in [-0.15, -0.1) is 5.10 Å². The number of nitrogens with one attached hydrogen (secondary N) is 1. The Labute approximate surface area is 114 Å². The number of hydrogen-bond acceptors (Lipinski definition) is 5. The molecular formula is C13H25N5O. The minimum Gasteiger partial charge on any atom is -0.383 e. The van der Waals surface area contributed by atoms with Crippen molar-refractivity contribution >= 4 is 0 Å². The second-order valence-electron chi connectivity index (χ2n) is 5.63. The minimum absolute atomic E-state index is 0.459. The first-order valence-electron chi connectivity index (χ1n) is 7.18. The van der Waals surface area contributed by atoms with E-state index in [1.807, 2.05) is 4.68 Å². The van der Waals surface area contributed by atoms with Crippen molar-refractivity contribution in [1.82, 2.24) is 25.5 Å². The van der Waals surface area contributed by atoms with Crippen molar-refractivity contribution in [1.29, 1.82) is 0 Å². The van der Waals surface area contributed by atoms with Gasteiger partial charge in [0.15, 0.2) is 5.82 Å². The molecule has 19 heavy (non-hydrogen) atoms. The zero-order chi connectivity index (χ0) is 13.7. The molecule has 0 saturated heterocycles. The number of aromatic nitrogens is 4. The zero-order valence-electron chi connectivity index (χ0n) is 12.2. The van der Waals surface area contributed by atoms with E-state index in [1.54, 1.807) is 7.11 Å². The summed E-state index contributed by atoms with van der Waals surface area (Å²) in [4.78, 5) is 0. The van der Waals surface area contributed by atoms with Crippen molar-refractivity contribution in [2.75, 3.05) is 20.3 Å². The van der Waals surface area contributed by atoms with Gasteiger partial charge in [0.1, 0.15) is 0 Å². The van der Waals surface area contributed by atoms with Gasteiger partial charge in [0, 0.05) is 13.7 Å². The molecule has 0 amide bonds. The highest BCUT2D eigenvalue weighted by Crippen LogP contribution is 2.35. The molecule has 6 nitrogen and oxygen atoms in total. The first-order chi connectivity index (χ1) is 9.22. The van der Waals surface area contributed by atoms with Crippen LogP contribution in [-0.2, 0) is 11.3 Å². The molecule has 1 saturated carbocycles. The normalized spacial score (nSPS) is 27.6. The van der Waals surface area contributed by atoms with Gasteiger partial charge in [-0.25, -0.2) is 4.68 Å². The van der Waals surface area contributed by atoms with Gasteiger partial charge in [-0.2, -0.15) is 0 Å². The first-order valence-corrected chi connectivity index (χ1v) is 7.18. The van der Waals surface area contributed by atoms with E-state index < -0.39 is 0 Å². The van der Waals surface area contributed by atoms with Crippen molar-refractivity contribution in [2.45, 2.75) is 45.7 Å². The van der Waals surface area contributed by atoms with Crippen molar-refractivity contribution < 1.29 is 4.74 Å². The summed E-state index contributed by atoms with van der Waals surface area (Å²) in [6, 6.07) is 0.459. The molecule has 0 aromatic carbocycles. The largest absolute Gasteiger partial charge is 0.383 e. The van der Waals surface area contributed by atoms with E-state index in [0.717, 1.165) is 24.2 Å². The van der Waals surface area contributed by atoms with Crippen LogP contribution in [-0.4, -0.2) is 40.5 Å². The lowest BCUT2D eigenvalue weighted by molar-refractivity contribution is 0.191. The lowest BCUT2D eigenvalue weighted by Crippen LogP contribution is -2.27. The Morgan fingerprint density at radius 3 is 2.89 bits per heavy atom. The molecule has 1 fully saturated rings. The molecule has 1 aliphatic carbocycles. The second kappa shape index (κ2) is 6.96. The summed E-state index contributed by atoms with van der Waals surface area (Å²) in [5.74, 6) is 2.50. The molecule has 1 heterocycles. The van der Waals surface area contributed by atoms with Crippen LogP contribution in [0.2, 0.25) is 0 Å². The van der Waals surface area contributed by atoms with Gasteiger partial charge in [-0.05, 0) is 41.5 Å². The van der Waals surface area contributed by atoms with Crippen molar-refractivity contribution in [3.8, 4) is 0 Å². The van der Waals surface area contributed by atoms with Crippen molar-refractivity contribution in [2.24, 2.45) is 11.8 Å². The predicted octanol–water partition coefficient (Wildman–Crippen LogP) is 1.41. The van der Waals surface area contributed by atoms with E-state index >= 15 is 0 Å². The molecule has 0 spiro atoms. The van der Waals surface area contributed by atoms with Gasteiger partial charge in [0.05, 0.1) is 19.2 Å². The fourth-order valence-corrected chi connectivity index (χ4v) is 2.73. The number of rotatable bonds is 6. The lowest BCUT2D eigenvalue weighted by atomic mass is 9.79. The minimum atomic E-state index is 0.459. The highest BCUT2D eigenvalue weighted by Gasteiger charge is 2.27. The Kier molecular flexibility index (Phi) is 5.27. The predicted molar refractivity (Wildman–Crippen MR) is 72.6 cm³/mol. The molecule has 0 aliphatic heterocycles. The summed E-state index contributed by atoms with van der Waals surface area (Å²) in [6.07, 6.45) is 3.63. The third kappa shape index (κ3) is 3.73. The highest BCUT2D eigenvalue weighted by atomic mass is 16.5. The molecule has 1 N–H and O–H groups in total. The number of tetrazole rings is 1. The molecular weight excluding hydrogens is 242 g/mol. The smallest absolute Gasteiger partial charge is 0.165 e. The van der Waals surface area contributed by atoms with E-state index in [9.17, 15) is 0 Å². The van der Waals surface area contributed by atoms with Gasteiger partial charge >= 0.3 is 0 Å². The number of hydrogen-bond donors (Lipinski definition) is 1. The quantitative estimate of drug-likeness (QED) is 0.789. The van der Waals surface area contributed by atoms with Crippen LogP contribution in [0, 0.1) is 11.8 Å². The number of nitrogens with zero attached hydrogens (tertiary/aromatic N) is 4. The Bertz CT molecular complexity index is 381. The van der Waals surface area contributed by atoms with Crippen molar-refractivity contribution in [3.05, 3.63) is 5.82 Å². The number of methoxy groups -OCH3 is 1. The molecule has 3 atom stereocenters. The van der Waals surface area contributed by atoms with Crippen LogP contribution in [0.4, 0.5) is 0 Å². The maximum Gasteiger partial charge on any atom is 0.165 e. The van der Waals surface area contributed by atoms with Crippen LogP contribution in [0.1, 0.15) is 45.0 Å². The summed E-state index contributed by atoms with van der Waals surface area (Å²) in [5.41, 5.74) is 0. The van der Waals surface area contributed by atoms with E-state index in [2.05, 4.69) is 34.7 Å². The average molecular weight is 267 g/mol. The zero-order valence-corrected chi connectivity index (χ0v) is 12.2. The van der Waals surface area contributed by atoms with E-state index in [0.29, 0.717) is 19.2 Å². The van der Waals surface area contributed by atoms with Gasteiger partial charge in [-0.1, -0.05) is 13.8 Å². The fourth-order valence-electron chi connectivity index (χ4n) is 2.73. The molecule has 108 valence electrons. The van der Waals surface area contributed by atoms with E-state index in [-0.39, 0.29) is 0 Å². The highest BCUT2D eigenvalue weighted by molar-refractivity contribution is 4.87. The Morgan fingerprint density at radius 1 is 1.32 bits per heavy atom. The molecule has 0 bridgehead atoms. The van der Waals surface area contributed by atoms with E-state index in [1.165, 1.54) is 19.3 Å². The summed E-state index contributed by atoms with van der Waals surface area (Å²) >= 11 is 0. The summed E-state index contributed by atoms with van der Waals surface area (Å²) in [6.45, 7) is 6.91. The third-order valence-corrected chi connectivity index (χ3v) is 4.24. The average Bonchev–Trinajstić information content (AvgIpc) is 2.86. The number of ether oxygens (including phenoxy) is 1. The Morgan fingerprint density at radius 2 is 2.16 bits per heavy atom. The van der Waals surface area contributed by atoms with Gasteiger partial charge in [0.25, 0.3) is 0 Å². The van der Waals surface area contributed by atoms with Crippen LogP contribution in [0.5, 0.6) is 0 Å². The summed E-state index contributed by atoms with van der Waals surface area (Å²) < 4.78 is 7.03. The summed E-state index contributed by atoms with van der Waals surface area (Å²) in [5, 5.41) is 15.4. The monoisotopic (exact) mass is 267 g/mol. The van der Waals surface area contributed by atoms with Crippen LogP contribution in [0.3, 0.4) is 0 Å². The summed E-state index contributed by atoms with van der Waals surface area (Å²) in [7, 11) is 1.70. The van der Waals surface area contributed by atoms with Crippen LogP contribution >= 0.6 is 0 Å². The standard InChI is InChI=1S/C13H25N5O/c1-10-4-5-12(8-11(10)2)18-13(15-16-17-18)9-14-6-7-19-3/h10-12,14H,4-9H2,1-3H3. The van der Waals surface area contributed by atoms with Crippen LogP contribution in [0.15, 0.2) is 0 Å². The molecule has 6 heteroatoms. The molecule has 3 unspecified atom stereocenters. The first kappa shape index (κ1) is 14.4. The van der Waals surface area contributed by atoms with Gasteiger partial charge < -0.3 is 10.1 Å². The molecule has 0 radical (unpaired) electrons. The maximum atomic E-state index is 5.01. The Balaban J connectivity index is 1.91. The molecule has 2 rings (SSSR count). The molecule has 1 aliphatic rings. The van der Waals surface area contributed by atoms with Gasteiger partial charge in [-0.3, -0.25) is 0 Å². The topological polar surface area (TPSA) is 64.9 Å². The third-order valence-electron chi connectivity index (χ3n) is 4.24. The maximum absolute atomic E-state index is 5.01.